The number of thioether (sulfide) groups is 1. The Bertz CT molecular complexity index is 1050. The molecule has 0 radical (unpaired) electrons. The fraction of sp³-hybridized carbons (Fsp3) is 0.263. The normalized spacial score (nSPS) is 11.4. The van der Waals surface area contributed by atoms with Gasteiger partial charge in [0.2, 0.25) is 5.91 Å². The fourth-order valence-electron chi connectivity index (χ4n) is 2.52. The van der Waals surface area contributed by atoms with Gasteiger partial charge in [0.1, 0.15) is 4.90 Å². The summed E-state index contributed by atoms with van der Waals surface area (Å²) >= 11 is 7.51. The van der Waals surface area contributed by atoms with Crippen molar-refractivity contribution in [1.82, 2.24) is 9.37 Å². The Morgan fingerprint density at radius 2 is 1.83 bits per heavy atom. The van der Waals surface area contributed by atoms with Crippen molar-refractivity contribution < 1.29 is 22.8 Å². The molecule has 0 heterocycles. The van der Waals surface area contributed by atoms with Gasteiger partial charge in [-0.05, 0) is 36.6 Å². The van der Waals surface area contributed by atoms with Crippen LogP contribution in [0, 0.1) is 0 Å². The third-order valence-electron chi connectivity index (χ3n) is 4.16. The number of hydrogen-bond donors (Lipinski definition) is 1. The van der Waals surface area contributed by atoms with Crippen LogP contribution in [0.15, 0.2) is 52.3 Å². The molecule has 162 valence electrons. The number of anilines is 1. The fourth-order valence-corrected chi connectivity index (χ4v) is 4.54. The predicted octanol–water partition coefficient (Wildman–Crippen LogP) is 2.95. The lowest BCUT2D eigenvalue weighted by atomic mass is 10.2. The maximum atomic E-state index is 12.7. The quantitative estimate of drug-likeness (QED) is 0.469. The summed E-state index contributed by atoms with van der Waals surface area (Å²) in [6.45, 7) is -0.218. The number of benzene rings is 2. The summed E-state index contributed by atoms with van der Waals surface area (Å²) in [4.78, 5) is 31.7. The lowest BCUT2D eigenvalue weighted by Gasteiger charge is -2.19. The highest BCUT2D eigenvalue weighted by Gasteiger charge is 2.26. The van der Waals surface area contributed by atoms with Crippen LogP contribution in [0.3, 0.4) is 0 Å². The SMILES string of the molecule is CON(C)S(=O)(=O)c1cc(C(=O)N(C)CC(=O)Nc2ccccc2SC)ccc1Cl. The van der Waals surface area contributed by atoms with Crippen molar-refractivity contribution in [3.8, 4) is 0 Å². The molecule has 8 nitrogen and oxygen atoms in total. The van der Waals surface area contributed by atoms with Crippen molar-refractivity contribution in [2.24, 2.45) is 0 Å². The highest BCUT2D eigenvalue weighted by molar-refractivity contribution is 7.98. The first kappa shape index (κ1) is 24.2. The van der Waals surface area contributed by atoms with E-state index in [1.54, 1.807) is 12.1 Å². The van der Waals surface area contributed by atoms with E-state index >= 15 is 0 Å². The number of para-hydroxylation sites is 1. The predicted molar refractivity (Wildman–Crippen MR) is 117 cm³/mol. The first-order valence-electron chi connectivity index (χ1n) is 8.62. The Kier molecular flexibility index (Phi) is 8.27. The number of likely N-dealkylation sites (N-methyl/N-ethyl adjacent to an activating group) is 1. The summed E-state index contributed by atoms with van der Waals surface area (Å²) in [5, 5.41) is 2.72. The van der Waals surface area contributed by atoms with Crippen LogP contribution in [0.5, 0.6) is 0 Å². The Balaban J connectivity index is 2.18. The van der Waals surface area contributed by atoms with Crippen LogP contribution in [-0.2, 0) is 19.7 Å². The summed E-state index contributed by atoms with van der Waals surface area (Å²) in [5.74, 6) is -0.912. The van der Waals surface area contributed by atoms with Crippen molar-refractivity contribution >= 4 is 50.9 Å². The number of rotatable bonds is 8. The van der Waals surface area contributed by atoms with Gasteiger partial charge in [0.15, 0.2) is 0 Å². The van der Waals surface area contributed by atoms with Crippen LogP contribution in [0.1, 0.15) is 10.4 Å². The minimum absolute atomic E-state index is 0.0514. The Hall–Kier alpha value is -2.11. The monoisotopic (exact) mass is 471 g/mol. The molecular formula is C19H22ClN3O5S2. The van der Waals surface area contributed by atoms with Gasteiger partial charge in [-0.1, -0.05) is 28.2 Å². The Morgan fingerprint density at radius 3 is 2.47 bits per heavy atom. The van der Waals surface area contributed by atoms with Crippen LogP contribution < -0.4 is 5.32 Å². The lowest BCUT2D eigenvalue weighted by molar-refractivity contribution is -0.116. The molecule has 2 aromatic rings. The lowest BCUT2D eigenvalue weighted by Crippen LogP contribution is -2.35. The van der Waals surface area contributed by atoms with Crippen molar-refractivity contribution in [3.63, 3.8) is 0 Å². The van der Waals surface area contributed by atoms with E-state index < -0.39 is 15.9 Å². The number of sulfonamides is 1. The molecule has 2 aromatic carbocycles. The number of carbonyl (C=O) groups is 2. The summed E-state index contributed by atoms with van der Waals surface area (Å²) < 4.78 is 25.6. The Morgan fingerprint density at radius 1 is 1.17 bits per heavy atom. The minimum atomic E-state index is -4.05. The second-order valence-electron chi connectivity index (χ2n) is 6.15. The van der Waals surface area contributed by atoms with Crippen molar-refractivity contribution in [2.75, 3.05) is 39.3 Å². The zero-order valence-electron chi connectivity index (χ0n) is 16.9. The van der Waals surface area contributed by atoms with Gasteiger partial charge >= 0.3 is 0 Å². The van der Waals surface area contributed by atoms with Gasteiger partial charge in [0.05, 0.1) is 24.4 Å². The van der Waals surface area contributed by atoms with Crippen molar-refractivity contribution in [2.45, 2.75) is 9.79 Å². The molecular weight excluding hydrogens is 450 g/mol. The van der Waals surface area contributed by atoms with E-state index in [2.05, 4.69) is 5.32 Å². The number of amides is 2. The molecule has 2 amide bonds. The van der Waals surface area contributed by atoms with Crippen LogP contribution in [0.25, 0.3) is 0 Å². The van der Waals surface area contributed by atoms with Gasteiger partial charge in [-0.2, -0.15) is 0 Å². The van der Waals surface area contributed by atoms with Crippen LogP contribution in [0.4, 0.5) is 5.69 Å². The number of hydroxylamine groups is 1. The van der Waals surface area contributed by atoms with Gasteiger partial charge in [0, 0.05) is 24.6 Å². The molecule has 0 saturated carbocycles. The summed E-state index contributed by atoms with van der Waals surface area (Å²) in [6, 6.07) is 11.2. The molecule has 0 aliphatic heterocycles. The van der Waals surface area contributed by atoms with Gasteiger partial charge in [-0.15, -0.1) is 11.8 Å². The van der Waals surface area contributed by atoms with Gasteiger partial charge < -0.3 is 10.2 Å². The minimum Gasteiger partial charge on any atom is -0.332 e. The van der Waals surface area contributed by atoms with Gasteiger partial charge in [0.25, 0.3) is 15.9 Å². The number of hydrogen-bond acceptors (Lipinski definition) is 6. The van der Waals surface area contributed by atoms with Crippen molar-refractivity contribution in [3.05, 3.63) is 53.1 Å². The van der Waals surface area contributed by atoms with E-state index in [-0.39, 0.29) is 27.9 Å². The van der Waals surface area contributed by atoms with Crippen LogP contribution in [-0.4, -0.2) is 63.6 Å². The number of nitrogens with zero attached hydrogens (tertiary/aromatic N) is 2. The molecule has 0 atom stereocenters. The van der Waals surface area contributed by atoms with E-state index in [1.165, 1.54) is 50.0 Å². The molecule has 0 aliphatic rings. The van der Waals surface area contributed by atoms with E-state index in [0.29, 0.717) is 10.2 Å². The average Bonchev–Trinajstić information content (AvgIpc) is 2.72. The van der Waals surface area contributed by atoms with Gasteiger partial charge in [-0.25, -0.2) is 8.42 Å². The van der Waals surface area contributed by atoms with E-state index in [9.17, 15) is 18.0 Å². The molecule has 2 rings (SSSR count). The van der Waals surface area contributed by atoms with Crippen LogP contribution >= 0.6 is 23.4 Å². The van der Waals surface area contributed by atoms with E-state index in [4.69, 9.17) is 16.4 Å². The maximum Gasteiger partial charge on any atom is 0.266 e. The first-order chi connectivity index (χ1) is 14.1. The molecule has 0 saturated heterocycles. The molecule has 30 heavy (non-hydrogen) atoms. The zero-order chi connectivity index (χ0) is 22.5. The van der Waals surface area contributed by atoms with Crippen molar-refractivity contribution in [1.29, 1.82) is 0 Å². The molecule has 1 N–H and O–H groups in total. The highest BCUT2D eigenvalue weighted by Crippen LogP contribution is 2.26. The van der Waals surface area contributed by atoms with Gasteiger partial charge in [-0.3, -0.25) is 14.4 Å². The smallest absolute Gasteiger partial charge is 0.266 e. The largest absolute Gasteiger partial charge is 0.332 e. The zero-order valence-corrected chi connectivity index (χ0v) is 19.3. The molecule has 11 heteroatoms. The average molecular weight is 472 g/mol. The standard InChI is InChI=1S/C19H22ClN3O5S2/c1-22(12-18(24)21-15-7-5-6-8-16(15)29-4)19(25)13-9-10-14(20)17(11-13)30(26,27)23(2)28-3/h5-11H,12H2,1-4H3,(H,21,24). The van der Waals surface area contributed by atoms with E-state index in [0.717, 1.165) is 11.0 Å². The second-order valence-corrected chi connectivity index (χ2v) is 9.31. The molecule has 0 unspecified atom stereocenters. The number of nitrogens with one attached hydrogen (secondary N) is 1. The molecule has 0 aromatic heterocycles. The maximum absolute atomic E-state index is 12.7. The third kappa shape index (κ3) is 5.52. The highest BCUT2D eigenvalue weighted by atomic mass is 35.5. The Labute approximate surface area is 185 Å². The van der Waals surface area contributed by atoms with E-state index in [1.807, 2.05) is 18.4 Å². The second kappa shape index (κ2) is 10.3. The third-order valence-corrected chi connectivity index (χ3v) is 7.12. The molecule has 0 spiro atoms. The molecule has 0 bridgehead atoms. The number of halogens is 1. The summed E-state index contributed by atoms with van der Waals surface area (Å²) in [7, 11) is -0.187. The molecule has 0 fully saturated rings. The molecule has 0 aliphatic carbocycles. The summed E-state index contributed by atoms with van der Waals surface area (Å²) in [6.07, 6.45) is 1.90. The van der Waals surface area contributed by atoms with Crippen LogP contribution in [0.2, 0.25) is 5.02 Å². The topological polar surface area (TPSA) is 96.0 Å². The number of carbonyl (C=O) groups excluding carboxylic acids is 2. The first-order valence-corrected chi connectivity index (χ1v) is 11.7. The summed E-state index contributed by atoms with van der Waals surface area (Å²) in [5.41, 5.74) is 0.723.